The number of rotatable bonds is 3. The summed E-state index contributed by atoms with van der Waals surface area (Å²) in [5.74, 6) is -0.0782. The Bertz CT molecular complexity index is 549. The normalized spacial score (nSPS) is 12.6. The van der Waals surface area contributed by atoms with Crippen LogP contribution in [0.25, 0.3) is 10.1 Å². The van der Waals surface area contributed by atoms with Crippen LogP contribution < -0.4 is 5.32 Å². The number of thiophene rings is 1. The number of hydrogen-bond donors (Lipinski definition) is 1. The predicted molar refractivity (Wildman–Crippen MR) is 74.1 cm³/mol. The Morgan fingerprint density at radius 1 is 1.47 bits per heavy atom. The van der Waals surface area contributed by atoms with Crippen LogP contribution in [0.3, 0.4) is 0 Å². The molecule has 0 spiro atoms. The fraction of sp³-hybridized carbons (Fsp3) is 0.308. The molecule has 2 aromatic rings. The molecule has 0 unspecified atom stereocenters. The molecule has 90 valence electrons. The van der Waals surface area contributed by atoms with Crippen LogP contribution in [0.4, 0.5) is 0 Å². The Labute approximate surface area is 110 Å². The molecular weight excluding hydrogens is 254 g/mol. The Morgan fingerprint density at radius 2 is 2.18 bits per heavy atom. The lowest BCUT2D eigenvalue weighted by molar-refractivity contribution is 0.0943. The highest BCUT2D eigenvalue weighted by Gasteiger charge is 2.17. The first-order valence-electron chi connectivity index (χ1n) is 5.61. The molecule has 0 aliphatic carbocycles. The standard InChI is InChI=1S/C13H14ClNOS/c1-3-8(2)15-13(16)12-11(14)9-6-4-5-7-10(9)17-12/h4-8H,3H2,1-2H3,(H,15,16)/t8-/m0/s1. The van der Waals surface area contributed by atoms with Gasteiger partial charge in [0.15, 0.2) is 0 Å². The van der Waals surface area contributed by atoms with E-state index in [0.29, 0.717) is 9.90 Å². The summed E-state index contributed by atoms with van der Waals surface area (Å²) in [6.07, 6.45) is 0.911. The van der Waals surface area contributed by atoms with Crippen LogP contribution in [0.5, 0.6) is 0 Å². The Morgan fingerprint density at radius 3 is 2.82 bits per heavy atom. The van der Waals surface area contributed by atoms with Crippen molar-refractivity contribution in [3.63, 3.8) is 0 Å². The van der Waals surface area contributed by atoms with Crippen LogP contribution in [-0.4, -0.2) is 11.9 Å². The van der Waals surface area contributed by atoms with E-state index in [1.165, 1.54) is 11.3 Å². The van der Waals surface area contributed by atoms with Crippen LogP contribution in [0.1, 0.15) is 29.9 Å². The quantitative estimate of drug-likeness (QED) is 0.892. The van der Waals surface area contributed by atoms with E-state index in [2.05, 4.69) is 5.32 Å². The van der Waals surface area contributed by atoms with Gasteiger partial charge in [-0.05, 0) is 19.4 Å². The van der Waals surface area contributed by atoms with Crippen molar-refractivity contribution < 1.29 is 4.79 Å². The van der Waals surface area contributed by atoms with Gasteiger partial charge in [0.25, 0.3) is 5.91 Å². The van der Waals surface area contributed by atoms with Crippen molar-refractivity contribution in [3.05, 3.63) is 34.2 Å². The zero-order valence-electron chi connectivity index (χ0n) is 9.79. The third-order valence-electron chi connectivity index (χ3n) is 2.73. The molecule has 1 amide bonds. The van der Waals surface area contributed by atoms with E-state index in [4.69, 9.17) is 11.6 Å². The SMILES string of the molecule is CC[C@H](C)NC(=O)c1sc2ccccc2c1Cl. The highest BCUT2D eigenvalue weighted by atomic mass is 35.5. The first kappa shape index (κ1) is 12.4. The van der Waals surface area contributed by atoms with E-state index in [1.54, 1.807) is 0 Å². The van der Waals surface area contributed by atoms with Crippen molar-refractivity contribution in [2.45, 2.75) is 26.3 Å². The summed E-state index contributed by atoms with van der Waals surface area (Å²) in [7, 11) is 0. The second kappa shape index (κ2) is 5.07. The summed E-state index contributed by atoms with van der Waals surface area (Å²) in [5, 5.41) is 4.45. The molecule has 0 bridgehead atoms. The molecule has 1 atom stereocenters. The maximum absolute atomic E-state index is 12.0. The van der Waals surface area contributed by atoms with Gasteiger partial charge in [0.2, 0.25) is 0 Å². The number of carbonyl (C=O) groups excluding carboxylic acids is 1. The van der Waals surface area contributed by atoms with Gasteiger partial charge < -0.3 is 5.32 Å². The zero-order valence-corrected chi connectivity index (χ0v) is 11.4. The zero-order chi connectivity index (χ0) is 12.4. The highest BCUT2D eigenvalue weighted by molar-refractivity contribution is 7.21. The van der Waals surface area contributed by atoms with Crippen LogP contribution in [0.15, 0.2) is 24.3 Å². The molecule has 1 aromatic heterocycles. The average Bonchev–Trinajstić information content (AvgIpc) is 2.67. The smallest absolute Gasteiger partial charge is 0.263 e. The highest BCUT2D eigenvalue weighted by Crippen LogP contribution is 2.34. The molecule has 0 radical (unpaired) electrons. The fourth-order valence-electron chi connectivity index (χ4n) is 1.55. The monoisotopic (exact) mass is 267 g/mol. The minimum Gasteiger partial charge on any atom is -0.349 e. The van der Waals surface area contributed by atoms with Crippen molar-refractivity contribution in [1.82, 2.24) is 5.32 Å². The third-order valence-corrected chi connectivity index (χ3v) is 4.41. The second-order valence-corrected chi connectivity index (χ2v) is 5.45. The molecule has 1 heterocycles. The van der Waals surface area contributed by atoms with Gasteiger partial charge in [-0.15, -0.1) is 11.3 Å². The maximum Gasteiger partial charge on any atom is 0.263 e. The summed E-state index contributed by atoms with van der Waals surface area (Å²) < 4.78 is 1.05. The van der Waals surface area contributed by atoms with Crippen LogP contribution in [0, 0.1) is 0 Å². The van der Waals surface area contributed by atoms with E-state index in [9.17, 15) is 4.79 Å². The maximum atomic E-state index is 12.0. The van der Waals surface area contributed by atoms with E-state index in [1.807, 2.05) is 38.1 Å². The number of fused-ring (bicyclic) bond motifs is 1. The molecule has 4 heteroatoms. The Kier molecular flexibility index (Phi) is 3.69. The van der Waals surface area contributed by atoms with Gasteiger partial charge in [-0.2, -0.15) is 0 Å². The second-order valence-electron chi connectivity index (χ2n) is 4.02. The van der Waals surface area contributed by atoms with Gasteiger partial charge in [-0.1, -0.05) is 36.7 Å². The fourth-order valence-corrected chi connectivity index (χ4v) is 2.97. The minimum atomic E-state index is -0.0782. The molecule has 17 heavy (non-hydrogen) atoms. The number of benzene rings is 1. The van der Waals surface area contributed by atoms with Gasteiger partial charge in [-0.25, -0.2) is 0 Å². The van der Waals surface area contributed by atoms with Crippen molar-refractivity contribution in [2.24, 2.45) is 0 Å². The summed E-state index contributed by atoms with van der Waals surface area (Å²) in [6, 6.07) is 7.96. The summed E-state index contributed by atoms with van der Waals surface area (Å²) in [5.41, 5.74) is 0. The van der Waals surface area contributed by atoms with E-state index >= 15 is 0 Å². The molecule has 1 N–H and O–H groups in total. The third kappa shape index (κ3) is 2.45. The van der Waals surface area contributed by atoms with Crippen LogP contribution in [0.2, 0.25) is 5.02 Å². The topological polar surface area (TPSA) is 29.1 Å². The van der Waals surface area contributed by atoms with Crippen LogP contribution >= 0.6 is 22.9 Å². The number of amides is 1. The Hall–Kier alpha value is -1.06. The van der Waals surface area contributed by atoms with Crippen LogP contribution in [-0.2, 0) is 0 Å². The van der Waals surface area contributed by atoms with E-state index < -0.39 is 0 Å². The first-order chi connectivity index (χ1) is 8.13. The summed E-state index contributed by atoms with van der Waals surface area (Å²) in [4.78, 5) is 12.6. The van der Waals surface area contributed by atoms with E-state index in [0.717, 1.165) is 16.5 Å². The first-order valence-corrected chi connectivity index (χ1v) is 6.80. The molecule has 2 rings (SSSR count). The minimum absolute atomic E-state index is 0.0782. The predicted octanol–water partition coefficient (Wildman–Crippen LogP) is 4.08. The van der Waals surface area contributed by atoms with Crippen molar-refractivity contribution in [2.75, 3.05) is 0 Å². The van der Waals surface area contributed by atoms with Gasteiger partial charge in [0, 0.05) is 16.1 Å². The van der Waals surface area contributed by atoms with Crippen molar-refractivity contribution >= 4 is 38.9 Å². The number of halogens is 1. The van der Waals surface area contributed by atoms with E-state index in [-0.39, 0.29) is 11.9 Å². The number of nitrogens with one attached hydrogen (secondary N) is 1. The number of carbonyl (C=O) groups is 1. The largest absolute Gasteiger partial charge is 0.349 e. The van der Waals surface area contributed by atoms with Gasteiger partial charge in [0.1, 0.15) is 4.88 Å². The van der Waals surface area contributed by atoms with Gasteiger partial charge >= 0.3 is 0 Å². The lowest BCUT2D eigenvalue weighted by Gasteiger charge is -2.10. The molecule has 1 aromatic carbocycles. The average molecular weight is 268 g/mol. The molecule has 0 saturated carbocycles. The lowest BCUT2D eigenvalue weighted by atomic mass is 10.2. The lowest BCUT2D eigenvalue weighted by Crippen LogP contribution is -2.31. The van der Waals surface area contributed by atoms with Crippen molar-refractivity contribution in [1.29, 1.82) is 0 Å². The molecule has 0 aliphatic heterocycles. The summed E-state index contributed by atoms with van der Waals surface area (Å²) in [6.45, 7) is 4.02. The summed E-state index contributed by atoms with van der Waals surface area (Å²) >= 11 is 7.67. The molecular formula is C13H14ClNOS. The molecule has 0 fully saturated rings. The molecule has 2 nitrogen and oxygen atoms in total. The number of hydrogen-bond acceptors (Lipinski definition) is 2. The van der Waals surface area contributed by atoms with Gasteiger partial charge in [0.05, 0.1) is 5.02 Å². The Balaban J connectivity index is 2.35. The molecule has 0 aliphatic rings. The van der Waals surface area contributed by atoms with Gasteiger partial charge in [-0.3, -0.25) is 4.79 Å². The van der Waals surface area contributed by atoms with Crippen molar-refractivity contribution in [3.8, 4) is 0 Å². The molecule has 0 saturated heterocycles.